The number of rotatable bonds is 7. The van der Waals surface area contributed by atoms with Crippen LogP contribution in [0, 0.1) is 0 Å². The number of aryl methyl sites for hydroxylation is 1. The molecule has 8 nitrogen and oxygen atoms in total. The number of ether oxygens (including phenoxy) is 2. The van der Waals surface area contributed by atoms with E-state index in [0.29, 0.717) is 45.5 Å². The number of thiophene rings is 1. The number of carbonyl (C=O) groups excluding carboxylic acids is 1. The lowest BCUT2D eigenvalue weighted by Crippen LogP contribution is -2.13. The highest BCUT2D eigenvalue weighted by molar-refractivity contribution is 7.14. The molecule has 0 atom stereocenters. The fourth-order valence-electron chi connectivity index (χ4n) is 3.65. The lowest BCUT2D eigenvalue weighted by molar-refractivity contribution is 0.102. The molecule has 0 aliphatic rings. The van der Waals surface area contributed by atoms with Crippen LogP contribution in [0.15, 0.2) is 53.4 Å². The van der Waals surface area contributed by atoms with Crippen LogP contribution in [0.25, 0.3) is 32.9 Å². The van der Waals surface area contributed by atoms with Gasteiger partial charge in [-0.25, -0.2) is 14.6 Å². The van der Waals surface area contributed by atoms with E-state index >= 15 is 0 Å². The van der Waals surface area contributed by atoms with Crippen molar-refractivity contribution in [3.8, 4) is 33.3 Å². The van der Waals surface area contributed by atoms with Gasteiger partial charge in [0, 0.05) is 23.6 Å². The first-order valence-corrected chi connectivity index (χ1v) is 12.3. The van der Waals surface area contributed by atoms with Gasteiger partial charge >= 0.3 is 0 Å². The van der Waals surface area contributed by atoms with E-state index in [0.717, 1.165) is 16.1 Å². The summed E-state index contributed by atoms with van der Waals surface area (Å²) in [5, 5.41) is 12.4. The van der Waals surface area contributed by atoms with E-state index in [1.54, 1.807) is 42.5 Å². The monoisotopic (exact) mass is 491 g/mol. The Labute approximate surface area is 203 Å². The Hall–Kier alpha value is -3.76. The highest BCUT2D eigenvalue weighted by Gasteiger charge is 2.19. The van der Waals surface area contributed by atoms with Crippen molar-refractivity contribution >= 4 is 44.7 Å². The van der Waals surface area contributed by atoms with Crippen LogP contribution in [0.2, 0.25) is 0 Å². The Balaban J connectivity index is 1.48. The quantitative estimate of drug-likeness (QED) is 0.320. The number of nitrogens with one attached hydrogen (secondary N) is 1. The van der Waals surface area contributed by atoms with Gasteiger partial charge in [-0.2, -0.15) is 5.10 Å². The summed E-state index contributed by atoms with van der Waals surface area (Å²) in [6.45, 7) is 2.65. The molecule has 0 unspecified atom stereocenters. The predicted molar refractivity (Wildman–Crippen MR) is 135 cm³/mol. The normalized spacial score (nSPS) is 11.0. The molecule has 0 aliphatic heterocycles. The van der Waals surface area contributed by atoms with Gasteiger partial charge in [-0.1, -0.05) is 6.07 Å². The minimum Gasteiger partial charge on any atom is -0.497 e. The first-order valence-electron chi connectivity index (χ1n) is 10.5. The molecule has 0 spiro atoms. The van der Waals surface area contributed by atoms with E-state index in [1.165, 1.54) is 11.3 Å². The zero-order valence-electron chi connectivity index (χ0n) is 18.7. The summed E-state index contributed by atoms with van der Waals surface area (Å²) in [7, 11) is 3.21. The molecule has 172 valence electrons. The minimum atomic E-state index is -0.261. The number of anilines is 1. The Morgan fingerprint density at radius 1 is 1.09 bits per heavy atom. The van der Waals surface area contributed by atoms with Crippen molar-refractivity contribution in [2.45, 2.75) is 13.5 Å². The van der Waals surface area contributed by atoms with Crippen molar-refractivity contribution in [2.75, 3.05) is 19.5 Å². The largest absolute Gasteiger partial charge is 0.497 e. The number of hydrogen-bond donors (Lipinski definition) is 1. The third-order valence-electron chi connectivity index (χ3n) is 5.34. The van der Waals surface area contributed by atoms with Gasteiger partial charge in [-0.05, 0) is 36.6 Å². The highest BCUT2D eigenvalue weighted by atomic mass is 32.1. The van der Waals surface area contributed by atoms with E-state index in [-0.39, 0.29) is 5.91 Å². The number of carbonyl (C=O) groups is 1. The van der Waals surface area contributed by atoms with Gasteiger partial charge in [-0.15, -0.1) is 22.7 Å². The van der Waals surface area contributed by atoms with E-state index in [2.05, 4.69) is 15.4 Å². The number of hydrogen-bond acceptors (Lipinski definition) is 8. The number of amides is 1. The molecule has 1 aromatic carbocycles. The van der Waals surface area contributed by atoms with Crippen molar-refractivity contribution in [1.29, 1.82) is 0 Å². The summed E-state index contributed by atoms with van der Waals surface area (Å²) in [4.78, 5) is 23.7. The average Bonchev–Trinajstić information content (AvgIpc) is 3.63. The lowest BCUT2D eigenvalue weighted by atomic mass is 10.1. The van der Waals surface area contributed by atoms with Crippen molar-refractivity contribution < 1.29 is 14.3 Å². The maximum Gasteiger partial charge on any atom is 0.258 e. The van der Waals surface area contributed by atoms with Crippen molar-refractivity contribution in [2.24, 2.45) is 0 Å². The molecule has 5 aromatic rings. The van der Waals surface area contributed by atoms with Crippen molar-refractivity contribution in [3.63, 3.8) is 0 Å². The van der Waals surface area contributed by atoms with Gasteiger partial charge in [0.1, 0.15) is 11.5 Å². The van der Waals surface area contributed by atoms with E-state index in [1.807, 2.05) is 48.0 Å². The van der Waals surface area contributed by atoms with Crippen molar-refractivity contribution in [1.82, 2.24) is 19.7 Å². The molecule has 0 saturated carbocycles. The second kappa shape index (κ2) is 9.24. The third kappa shape index (κ3) is 4.02. The van der Waals surface area contributed by atoms with Gasteiger partial charge in [0.15, 0.2) is 10.8 Å². The number of benzene rings is 1. The highest BCUT2D eigenvalue weighted by Crippen LogP contribution is 2.35. The number of nitrogens with zero attached hydrogens (tertiary/aromatic N) is 4. The molecule has 4 heterocycles. The van der Waals surface area contributed by atoms with Gasteiger partial charge in [0.25, 0.3) is 5.91 Å². The average molecular weight is 492 g/mol. The van der Waals surface area contributed by atoms with Gasteiger partial charge in [-0.3, -0.25) is 10.1 Å². The molecule has 0 fully saturated rings. The smallest absolute Gasteiger partial charge is 0.258 e. The summed E-state index contributed by atoms with van der Waals surface area (Å²) in [5.41, 5.74) is 3.45. The molecule has 1 amide bonds. The summed E-state index contributed by atoms with van der Waals surface area (Å²) in [6.07, 6.45) is 1.69. The molecular formula is C24H21N5O3S2. The maximum absolute atomic E-state index is 13.4. The first-order chi connectivity index (χ1) is 16.6. The van der Waals surface area contributed by atoms with Crippen LogP contribution >= 0.6 is 22.7 Å². The van der Waals surface area contributed by atoms with Crippen LogP contribution in [-0.4, -0.2) is 39.9 Å². The molecular weight excluding hydrogens is 470 g/mol. The third-order valence-corrected chi connectivity index (χ3v) is 6.99. The van der Waals surface area contributed by atoms with Crippen LogP contribution in [0.4, 0.5) is 5.13 Å². The number of aromatic nitrogens is 4. The molecule has 34 heavy (non-hydrogen) atoms. The Kier molecular flexibility index (Phi) is 5.99. The van der Waals surface area contributed by atoms with Crippen LogP contribution in [-0.2, 0) is 6.54 Å². The van der Waals surface area contributed by atoms with Gasteiger partial charge in [0.05, 0.1) is 47.6 Å². The zero-order valence-corrected chi connectivity index (χ0v) is 20.4. The van der Waals surface area contributed by atoms with Gasteiger partial charge in [0.2, 0.25) is 0 Å². The fourth-order valence-corrected chi connectivity index (χ4v) is 5.04. The van der Waals surface area contributed by atoms with E-state index in [4.69, 9.17) is 14.5 Å². The number of pyridine rings is 1. The van der Waals surface area contributed by atoms with Crippen molar-refractivity contribution in [3.05, 3.63) is 58.9 Å². The summed E-state index contributed by atoms with van der Waals surface area (Å²) >= 11 is 2.93. The molecule has 4 aromatic heterocycles. The Morgan fingerprint density at radius 2 is 1.97 bits per heavy atom. The number of methoxy groups -OCH3 is 2. The van der Waals surface area contributed by atoms with E-state index in [9.17, 15) is 4.79 Å². The zero-order chi connectivity index (χ0) is 23.7. The van der Waals surface area contributed by atoms with Crippen LogP contribution in [0.1, 0.15) is 17.3 Å². The van der Waals surface area contributed by atoms with E-state index < -0.39 is 0 Å². The molecule has 1 N–H and O–H groups in total. The minimum absolute atomic E-state index is 0.261. The van der Waals surface area contributed by atoms with Crippen LogP contribution in [0.3, 0.4) is 0 Å². The Morgan fingerprint density at radius 3 is 2.71 bits per heavy atom. The SMILES string of the molecule is CCn1ncc2c(C(=O)Nc3nc(-c4ccc(OC)cc4OC)cs3)cc(-c3cccs3)nc21. The summed E-state index contributed by atoms with van der Waals surface area (Å²) in [5.74, 6) is 1.08. The Bertz CT molecular complexity index is 1470. The number of thiazole rings is 1. The maximum atomic E-state index is 13.4. The van der Waals surface area contributed by atoms with Crippen LogP contribution in [0.5, 0.6) is 11.5 Å². The first kappa shape index (κ1) is 22.1. The molecule has 0 aliphatic carbocycles. The molecule has 0 radical (unpaired) electrons. The second-order valence-electron chi connectivity index (χ2n) is 7.29. The molecule has 5 rings (SSSR count). The fraction of sp³-hybridized carbons (Fsp3) is 0.167. The molecule has 10 heteroatoms. The summed E-state index contributed by atoms with van der Waals surface area (Å²) in [6, 6.07) is 11.3. The predicted octanol–water partition coefficient (Wildman–Crippen LogP) is 5.57. The molecule has 0 bridgehead atoms. The lowest BCUT2D eigenvalue weighted by Gasteiger charge is -2.08. The molecule has 0 saturated heterocycles. The second-order valence-corrected chi connectivity index (χ2v) is 9.09. The summed E-state index contributed by atoms with van der Waals surface area (Å²) < 4.78 is 12.6. The van der Waals surface area contributed by atoms with Gasteiger partial charge < -0.3 is 9.47 Å². The number of fused-ring (bicyclic) bond motifs is 1. The standard InChI is InChI=1S/C24H21N5O3S2/c1-4-29-22-17(12-25-29)16(11-18(26-22)21-6-5-9-33-21)23(30)28-24-27-19(13-34-24)15-8-7-14(31-2)10-20(15)32-3/h5-13H,4H2,1-3H3,(H,27,28,30). The topological polar surface area (TPSA) is 91.2 Å². The van der Waals surface area contributed by atoms with Crippen LogP contribution < -0.4 is 14.8 Å².